The Morgan fingerprint density at radius 3 is 2.31 bits per heavy atom. The van der Waals surface area contributed by atoms with Crippen LogP contribution >= 0.6 is 57.5 Å². The first-order valence-electron chi connectivity index (χ1n) is 3.11. The van der Waals surface area contributed by atoms with Crippen molar-refractivity contribution >= 4 is 57.5 Å². The summed E-state index contributed by atoms with van der Waals surface area (Å²) in [5, 5.41) is 8.23. The van der Waals surface area contributed by atoms with Gasteiger partial charge in [-0.1, -0.05) is 34.5 Å². The second-order valence-corrected chi connectivity index (χ2v) is 5.94. The molecule has 7 heteroatoms. The standard InChI is InChI=1S/C6HCl3N2S2/c7-3-1-2(4(8)12-3)5-10-11-6(9)13-5/h1H. The molecule has 0 spiro atoms. The number of hydrogen-bond donors (Lipinski definition) is 0. The average Bonchev–Trinajstić information content (AvgIpc) is 2.58. The van der Waals surface area contributed by atoms with E-state index >= 15 is 0 Å². The number of hydrogen-bond acceptors (Lipinski definition) is 4. The van der Waals surface area contributed by atoms with E-state index < -0.39 is 0 Å². The van der Waals surface area contributed by atoms with E-state index in [4.69, 9.17) is 34.8 Å². The van der Waals surface area contributed by atoms with Crippen molar-refractivity contribution in [2.24, 2.45) is 0 Å². The lowest BCUT2D eigenvalue weighted by Gasteiger charge is -1.86. The number of thiophene rings is 1. The Hall–Kier alpha value is 0.130. The third kappa shape index (κ3) is 1.97. The molecule has 0 unspecified atom stereocenters. The third-order valence-electron chi connectivity index (χ3n) is 1.29. The molecule has 0 atom stereocenters. The topological polar surface area (TPSA) is 25.8 Å². The van der Waals surface area contributed by atoms with Crippen LogP contribution in [0.15, 0.2) is 6.07 Å². The van der Waals surface area contributed by atoms with Crippen LogP contribution in [0.25, 0.3) is 10.6 Å². The van der Waals surface area contributed by atoms with Crippen LogP contribution in [-0.2, 0) is 0 Å². The molecule has 0 aliphatic heterocycles. The van der Waals surface area contributed by atoms with Gasteiger partial charge in [0.05, 0.1) is 4.34 Å². The minimum absolute atomic E-state index is 0.397. The van der Waals surface area contributed by atoms with Crippen LogP contribution in [0, 0.1) is 0 Å². The minimum atomic E-state index is 0.397. The first-order valence-corrected chi connectivity index (χ1v) is 5.87. The molecule has 2 aromatic rings. The molecule has 68 valence electrons. The fraction of sp³-hybridized carbons (Fsp3) is 0. The maximum Gasteiger partial charge on any atom is 0.207 e. The molecule has 0 aliphatic carbocycles. The monoisotopic (exact) mass is 270 g/mol. The third-order valence-corrected chi connectivity index (χ3v) is 3.83. The van der Waals surface area contributed by atoms with Crippen LogP contribution in [0.5, 0.6) is 0 Å². The van der Waals surface area contributed by atoms with Crippen LogP contribution in [0.1, 0.15) is 0 Å². The molecule has 0 N–H and O–H groups in total. The summed E-state index contributed by atoms with van der Waals surface area (Å²) in [5.41, 5.74) is 0.793. The summed E-state index contributed by atoms with van der Waals surface area (Å²) in [6.07, 6.45) is 0. The SMILES string of the molecule is Clc1cc(-c2nnc(Cl)s2)c(Cl)s1. The number of rotatable bonds is 1. The van der Waals surface area contributed by atoms with E-state index in [1.165, 1.54) is 22.7 Å². The number of aromatic nitrogens is 2. The summed E-state index contributed by atoms with van der Waals surface area (Å²) in [5.74, 6) is 0. The van der Waals surface area contributed by atoms with Gasteiger partial charge in [0.15, 0.2) is 5.01 Å². The van der Waals surface area contributed by atoms with E-state index in [0.29, 0.717) is 18.1 Å². The van der Waals surface area contributed by atoms with Crippen molar-refractivity contribution in [3.63, 3.8) is 0 Å². The fourth-order valence-electron chi connectivity index (χ4n) is 0.800. The molecule has 2 rings (SSSR count). The number of nitrogens with zero attached hydrogens (tertiary/aromatic N) is 2. The van der Waals surface area contributed by atoms with Crippen LogP contribution in [-0.4, -0.2) is 10.2 Å². The zero-order valence-corrected chi connectivity index (χ0v) is 9.82. The molecule has 0 saturated carbocycles. The van der Waals surface area contributed by atoms with Crippen molar-refractivity contribution in [3.8, 4) is 10.6 Å². The highest BCUT2D eigenvalue weighted by Crippen LogP contribution is 2.39. The summed E-state index contributed by atoms with van der Waals surface area (Å²) in [6.45, 7) is 0. The minimum Gasteiger partial charge on any atom is -0.137 e. The van der Waals surface area contributed by atoms with Crippen LogP contribution in [0.2, 0.25) is 13.1 Å². The predicted molar refractivity (Wildman–Crippen MR) is 58.3 cm³/mol. The molecule has 2 aromatic heterocycles. The first-order chi connectivity index (χ1) is 6.16. The Balaban J connectivity index is 2.51. The second kappa shape index (κ2) is 3.71. The van der Waals surface area contributed by atoms with Gasteiger partial charge in [-0.25, -0.2) is 0 Å². The van der Waals surface area contributed by atoms with Gasteiger partial charge in [0, 0.05) is 5.56 Å². The molecular formula is C6HCl3N2S2. The summed E-state index contributed by atoms with van der Waals surface area (Å²) in [6, 6.07) is 1.76. The van der Waals surface area contributed by atoms with Gasteiger partial charge in [-0.15, -0.1) is 21.5 Å². The molecule has 0 saturated heterocycles. The second-order valence-electron chi connectivity index (χ2n) is 2.10. The Bertz CT molecular complexity index is 437. The lowest BCUT2D eigenvalue weighted by Crippen LogP contribution is -1.72. The fourth-order valence-corrected chi connectivity index (χ4v) is 3.24. The van der Waals surface area contributed by atoms with E-state index in [2.05, 4.69) is 10.2 Å². The molecule has 0 radical (unpaired) electrons. The van der Waals surface area contributed by atoms with Gasteiger partial charge in [0.2, 0.25) is 4.47 Å². The molecule has 0 aliphatic rings. The zero-order valence-electron chi connectivity index (χ0n) is 5.92. The molecule has 0 amide bonds. The van der Waals surface area contributed by atoms with Crippen molar-refractivity contribution in [3.05, 3.63) is 19.2 Å². The Kier molecular flexibility index (Phi) is 2.76. The van der Waals surface area contributed by atoms with E-state index in [1.807, 2.05) is 0 Å². The largest absolute Gasteiger partial charge is 0.207 e. The molecule has 2 heterocycles. The van der Waals surface area contributed by atoms with Crippen molar-refractivity contribution in [2.45, 2.75) is 0 Å². The molecule has 0 aromatic carbocycles. The van der Waals surface area contributed by atoms with Crippen molar-refractivity contribution in [2.75, 3.05) is 0 Å². The van der Waals surface area contributed by atoms with Gasteiger partial charge in [-0.3, -0.25) is 0 Å². The first kappa shape index (κ1) is 9.68. The Morgan fingerprint density at radius 2 is 1.85 bits per heavy atom. The van der Waals surface area contributed by atoms with Gasteiger partial charge >= 0.3 is 0 Å². The summed E-state index contributed by atoms with van der Waals surface area (Å²) in [4.78, 5) is 0. The van der Waals surface area contributed by atoms with Crippen LogP contribution in [0.4, 0.5) is 0 Å². The molecule has 2 nitrogen and oxygen atoms in total. The van der Waals surface area contributed by atoms with Gasteiger partial charge in [-0.05, 0) is 17.7 Å². The number of halogens is 3. The average molecular weight is 272 g/mol. The highest BCUT2D eigenvalue weighted by atomic mass is 35.5. The Labute approximate surface area is 97.1 Å². The highest BCUT2D eigenvalue weighted by Gasteiger charge is 2.12. The van der Waals surface area contributed by atoms with E-state index in [-0.39, 0.29) is 0 Å². The van der Waals surface area contributed by atoms with E-state index in [1.54, 1.807) is 6.07 Å². The maximum absolute atomic E-state index is 5.92. The van der Waals surface area contributed by atoms with E-state index in [0.717, 1.165) is 5.56 Å². The van der Waals surface area contributed by atoms with Crippen molar-refractivity contribution in [1.82, 2.24) is 10.2 Å². The summed E-state index contributed by atoms with van der Waals surface area (Å²) in [7, 11) is 0. The lowest BCUT2D eigenvalue weighted by molar-refractivity contribution is 1.10. The normalized spacial score (nSPS) is 10.7. The Morgan fingerprint density at radius 1 is 1.08 bits per heavy atom. The highest BCUT2D eigenvalue weighted by molar-refractivity contribution is 7.22. The summed E-state index contributed by atoms with van der Waals surface area (Å²) >= 11 is 19.9. The van der Waals surface area contributed by atoms with Gasteiger partial charge < -0.3 is 0 Å². The van der Waals surface area contributed by atoms with Crippen molar-refractivity contribution < 1.29 is 0 Å². The van der Waals surface area contributed by atoms with Crippen LogP contribution < -0.4 is 0 Å². The predicted octanol–water partition coefficient (Wildman–Crippen LogP) is 4.23. The van der Waals surface area contributed by atoms with E-state index in [9.17, 15) is 0 Å². The molecular weight excluding hydrogens is 271 g/mol. The quantitative estimate of drug-likeness (QED) is 0.776. The van der Waals surface area contributed by atoms with Crippen molar-refractivity contribution in [1.29, 1.82) is 0 Å². The summed E-state index contributed by atoms with van der Waals surface area (Å²) < 4.78 is 1.64. The van der Waals surface area contributed by atoms with Gasteiger partial charge in [0.1, 0.15) is 4.34 Å². The molecule has 0 fully saturated rings. The van der Waals surface area contributed by atoms with Gasteiger partial charge in [0.25, 0.3) is 0 Å². The lowest BCUT2D eigenvalue weighted by atomic mass is 10.4. The smallest absolute Gasteiger partial charge is 0.137 e. The maximum atomic E-state index is 5.92. The van der Waals surface area contributed by atoms with Crippen LogP contribution in [0.3, 0.4) is 0 Å². The zero-order chi connectivity index (χ0) is 9.42. The van der Waals surface area contributed by atoms with Gasteiger partial charge in [-0.2, -0.15) is 0 Å². The molecule has 13 heavy (non-hydrogen) atoms. The molecule has 0 bridgehead atoms.